The van der Waals surface area contributed by atoms with Crippen LogP contribution in [0.25, 0.3) is 0 Å². The van der Waals surface area contributed by atoms with Crippen molar-refractivity contribution in [2.45, 2.75) is 30.0 Å². The van der Waals surface area contributed by atoms with Crippen molar-refractivity contribution in [2.75, 3.05) is 0 Å². The monoisotopic (exact) mass is 360 g/mol. The first-order valence-electron chi connectivity index (χ1n) is 4.33. The van der Waals surface area contributed by atoms with Gasteiger partial charge in [-0.2, -0.15) is 52.7 Å². The molecule has 0 aromatic rings. The minimum atomic E-state index is -7.40. The molecule has 1 atom stereocenters. The van der Waals surface area contributed by atoms with Crippen molar-refractivity contribution in [1.29, 1.82) is 0 Å². The van der Waals surface area contributed by atoms with Gasteiger partial charge in [-0.15, -0.1) is 0 Å². The largest absolute Gasteiger partial charge is 0.459 e. The Morgan fingerprint density at radius 1 is 0.682 bits per heavy atom. The Hall–Kier alpha value is -1.54. The normalized spacial score (nSPS) is 17.1. The van der Waals surface area contributed by atoms with Gasteiger partial charge >= 0.3 is 42.1 Å². The van der Waals surface area contributed by atoms with Crippen LogP contribution in [0.2, 0.25) is 0 Å². The van der Waals surface area contributed by atoms with Gasteiger partial charge in [-0.05, 0) is 0 Å². The zero-order valence-corrected chi connectivity index (χ0v) is 9.26. The molecule has 0 amide bonds. The first kappa shape index (κ1) is 20.5. The lowest BCUT2D eigenvalue weighted by molar-refractivity contribution is -0.456. The molecule has 130 valence electrons. The number of carbonyl (C=O) groups is 2. The summed E-state index contributed by atoms with van der Waals surface area (Å²) in [6.45, 7) is 0. The molecule has 0 unspecified atom stereocenters. The van der Waals surface area contributed by atoms with Gasteiger partial charge in [-0.25, -0.2) is 0 Å². The number of rotatable bonds is 6. The molecule has 0 aliphatic rings. The summed E-state index contributed by atoms with van der Waals surface area (Å²) in [5, 5.41) is 0. The zero-order chi connectivity index (χ0) is 18.4. The van der Waals surface area contributed by atoms with Gasteiger partial charge in [0.25, 0.3) is 0 Å². The highest BCUT2D eigenvalue weighted by molar-refractivity contribution is 5.78. The summed E-state index contributed by atoms with van der Waals surface area (Å²) in [6.07, 6.45) is -14.3. The van der Waals surface area contributed by atoms with Gasteiger partial charge in [0.1, 0.15) is 0 Å². The van der Waals surface area contributed by atoms with Gasteiger partial charge in [0.2, 0.25) is 0 Å². The first-order chi connectivity index (χ1) is 9.34. The third kappa shape index (κ3) is 2.98. The average molecular weight is 360 g/mol. The highest BCUT2D eigenvalue weighted by atomic mass is 19.4. The molecule has 15 heteroatoms. The topological polar surface area (TPSA) is 43.4 Å². The quantitative estimate of drug-likeness (QED) is 0.540. The van der Waals surface area contributed by atoms with Crippen molar-refractivity contribution >= 4 is 12.1 Å². The van der Waals surface area contributed by atoms with E-state index in [0.717, 1.165) is 0 Å². The van der Waals surface area contributed by atoms with Crippen LogP contribution < -0.4 is 0 Å². The van der Waals surface area contributed by atoms with Gasteiger partial charge < -0.3 is 0 Å². The molecular formula is C7F12O3. The summed E-state index contributed by atoms with van der Waals surface area (Å²) in [5.41, 5.74) is 0. The summed E-state index contributed by atoms with van der Waals surface area (Å²) in [5.74, 6) is -21.1. The maximum Gasteiger partial charge on any atom is 0.459 e. The molecule has 0 radical (unpaired) electrons. The van der Waals surface area contributed by atoms with Gasteiger partial charge in [0, 0.05) is 0 Å². The predicted octanol–water partition coefficient (Wildman–Crippen LogP) is 3.09. The van der Waals surface area contributed by atoms with Crippen LogP contribution in [0, 0.1) is 0 Å². The lowest BCUT2D eigenvalue weighted by Crippen LogP contribution is -2.63. The molecule has 0 spiro atoms. The van der Waals surface area contributed by atoms with Crippen LogP contribution in [0.4, 0.5) is 52.7 Å². The van der Waals surface area contributed by atoms with E-state index in [-0.39, 0.29) is 0 Å². The van der Waals surface area contributed by atoms with Gasteiger partial charge in [0.15, 0.2) is 0 Å². The van der Waals surface area contributed by atoms with Crippen molar-refractivity contribution in [3.63, 3.8) is 0 Å². The smallest absolute Gasteiger partial charge is 0.261 e. The number of halogens is 12. The summed E-state index contributed by atoms with van der Waals surface area (Å²) in [7, 11) is 0. The summed E-state index contributed by atoms with van der Waals surface area (Å²) < 4.78 is 148. The highest BCUT2D eigenvalue weighted by Crippen LogP contribution is 2.51. The van der Waals surface area contributed by atoms with Crippen molar-refractivity contribution in [1.82, 2.24) is 0 Å². The minimum absolute atomic E-state index is 1.55. The Bertz CT molecular complexity index is 468. The molecule has 22 heavy (non-hydrogen) atoms. The summed E-state index contributed by atoms with van der Waals surface area (Å²) >= 11 is 0. The fourth-order valence-corrected chi connectivity index (χ4v) is 0.756. The molecule has 0 saturated heterocycles. The molecule has 0 saturated carbocycles. The third-order valence-corrected chi connectivity index (χ3v) is 1.89. The number of hydrogen-bond acceptors (Lipinski definition) is 3. The summed E-state index contributed by atoms with van der Waals surface area (Å²) in [6, 6.07) is -8.88. The maximum atomic E-state index is 12.7. The minimum Gasteiger partial charge on any atom is -0.261 e. The van der Waals surface area contributed by atoms with Crippen LogP contribution in [0.3, 0.4) is 0 Å². The van der Waals surface area contributed by atoms with Crippen LogP contribution in [-0.2, 0) is 14.3 Å². The number of hydrogen-bond donors (Lipinski definition) is 0. The van der Waals surface area contributed by atoms with E-state index in [0.29, 0.717) is 0 Å². The molecule has 0 N–H and O–H groups in total. The molecule has 0 aliphatic carbocycles. The molecule has 0 aliphatic heterocycles. The van der Waals surface area contributed by atoms with E-state index in [1.54, 1.807) is 4.74 Å². The average Bonchev–Trinajstić information content (AvgIpc) is 2.25. The second-order valence-corrected chi connectivity index (χ2v) is 3.41. The molecule has 3 nitrogen and oxygen atoms in total. The van der Waals surface area contributed by atoms with Crippen LogP contribution in [0.5, 0.6) is 0 Å². The second-order valence-electron chi connectivity index (χ2n) is 3.41. The van der Waals surface area contributed by atoms with E-state index >= 15 is 0 Å². The molecule has 0 fully saturated rings. The van der Waals surface area contributed by atoms with Gasteiger partial charge in [-0.1, -0.05) is 0 Å². The molecule has 0 heterocycles. The van der Waals surface area contributed by atoms with Crippen molar-refractivity contribution < 1.29 is 67.0 Å². The highest BCUT2D eigenvalue weighted by Gasteiger charge is 2.81. The van der Waals surface area contributed by atoms with Crippen molar-refractivity contribution in [3.05, 3.63) is 0 Å². The SMILES string of the molecule is O=C(F)C(F)(F)C(F)(F)C(F)(F)O[C@@](F)(C(=O)F)C(F)(F)F. The summed E-state index contributed by atoms with van der Waals surface area (Å²) in [4.78, 5) is 19.2. The second kappa shape index (κ2) is 5.27. The van der Waals surface area contributed by atoms with Crippen LogP contribution in [0.1, 0.15) is 0 Å². The maximum absolute atomic E-state index is 12.7. The van der Waals surface area contributed by atoms with E-state index in [1.165, 1.54) is 0 Å². The van der Waals surface area contributed by atoms with E-state index in [2.05, 4.69) is 0 Å². The lowest BCUT2D eigenvalue weighted by Gasteiger charge is -2.33. The van der Waals surface area contributed by atoms with E-state index in [4.69, 9.17) is 0 Å². The van der Waals surface area contributed by atoms with Crippen molar-refractivity contribution in [2.24, 2.45) is 0 Å². The zero-order valence-electron chi connectivity index (χ0n) is 9.26. The molecule has 0 aromatic carbocycles. The molecule has 0 aromatic heterocycles. The Labute approximate surface area is 110 Å². The predicted molar refractivity (Wildman–Crippen MR) is 38.0 cm³/mol. The molecular weight excluding hydrogens is 360 g/mol. The Kier molecular flexibility index (Phi) is 4.90. The number of ether oxygens (including phenoxy) is 1. The Morgan fingerprint density at radius 3 is 1.27 bits per heavy atom. The number of carbonyl (C=O) groups excluding carboxylic acids is 2. The number of alkyl halides is 10. The third-order valence-electron chi connectivity index (χ3n) is 1.89. The Morgan fingerprint density at radius 2 is 1.05 bits per heavy atom. The fraction of sp³-hybridized carbons (Fsp3) is 0.714. The lowest BCUT2D eigenvalue weighted by atomic mass is 10.1. The van der Waals surface area contributed by atoms with E-state index in [1.807, 2.05) is 0 Å². The Balaban J connectivity index is 5.96. The standard InChI is InChI=1S/C7F12O3/c8-1(20)3(10,11)5(13,14)7(18,19)22-4(12,2(9)21)6(15,16)17/t4-/m0/s1. The first-order valence-corrected chi connectivity index (χ1v) is 4.33. The molecule has 0 bridgehead atoms. The fourth-order valence-electron chi connectivity index (χ4n) is 0.756. The van der Waals surface area contributed by atoms with Gasteiger partial charge in [-0.3, -0.25) is 14.3 Å². The van der Waals surface area contributed by atoms with Crippen LogP contribution >= 0.6 is 0 Å². The van der Waals surface area contributed by atoms with Crippen LogP contribution in [0.15, 0.2) is 0 Å². The van der Waals surface area contributed by atoms with E-state index in [9.17, 15) is 62.3 Å². The van der Waals surface area contributed by atoms with Crippen molar-refractivity contribution in [3.8, 4) is 0 Å². The van der Waals surface area contributed by atoms with Gasteiger partial charge in [0.05, 0.1) is 0 Å². The van der Waals surface area contributed by atoms with E-state index < -0.39 is 42.1 Å². The molecule has 0 rings (SSSR count). The van der Waals surface area contributed by atoms with Crippen LogP contribution in [-0.4, -0.2) is 42.1 Å².